The predicted molar refractivity (Wildman–Crippen MR) is 315 cm³/mol. The first-order chi connectivity index (χ1) is 40.3. The molecule has 8 rings (SSSR count). The van der Waals surface area contributed by atoms with E-state index < -0.39 is 83.5 Å². The lowest BCUT2D eigenvalue weighted by molar-refractivity contribution is -0.145. The van der Waals surface area contributed by atoms with Gasteiger partial charge in [-0.15, -0.1) is 0 Å². The van der Waals surface area contributed by atoms with Crippen LogP contribution in [0, 0.1) is 5.92 Å². The Morgan fingerprint density at radius 2 is 1.10 bits per heavy atom. The van der Waals surface area contributed by atoms with Crippen LogP contribution >= 0.6 is 0 Å². The van der Waals surface area contributed by atoms with Gasteiger partial charge in [0.2, 0.25) is 41.4 Å². The Bertz CT molecular complexity index is 3170. The average Bonchev–Trinajstić information content (AvgIpc) is 4.22. The van der Waals surface area contributed by atoms with Gasteiger partial charge in [-0.3, -0.25) is 33.6 Å². The number of nitrogens with two attached hydrogens (primary N) is 1. The third-order valence-electron chi connectivity index (χ3n) is 15.1. The van der Waals surface area contributed by atoms with E-state index in [-0.39, 0.29) is 51.6 Å². The Labute approximate surface area is 484 Å². The molecule has 7 atom stereocenters. The van der Waals surface area contributed by atoms with Crippen LogP contribution in [-0.2, 0) is 65.9 Å². The molecule has 0 saturated carbocycles. The number of hydrogen-bond donors (Lipinski definition) is 8. The summed E-state index contributed by atoms with van der Waals surface area (Å²) < 4.78 is 17.7. The summed E-state index contributed by atoms with van der Waals surface area (Å²) in [7, 11) is 4.78. The molecule has 436 valence electrons. The molecule has 2 aliphatic rings. The second-order valence-electron chi connectivity index (χ2n) is 20.9. The van der Waals surface area contributed by atoms with Gasteiger partial charge in [0.25, 0.3) is 0 Å². The van der Waals surface area contributed by atoms with E-state index in [4.69, 9.17) is 19.9 Å². The van der Waals surface area contributed by atoms with Crippen molar-refractivity contribution in [2.75, 3.05) is 47.4 Å². The Morgan fingerprint density at radius 3 is 1.69 bits per heavy atom. The van der Waals surface area contributed by atoms with Crippen LogP contribution in [0.2, 0.25) is 0 Å². The van der Waals surface area contributed by atoms with Crippen molar-refractivity contribution < 1.29 is 47.8 Å². The van der Waals surface area contributed by atoms with Gasteiger partial charge in [-0.2, -0.15) is 0 Å². The molecule has 7 amide bonds. The molecule has 0 radical (unpaired) electrons. The van der Waals surface area contributed by atoms with E-state index in [1.807, 2.05) is 60.7 Å². The van der Waals surface area contributed by atoms with Gasteiger partial charge in [0.15, 0.2) is 0 Å². The van der Waals surface area contributed by atoms with E-state index in [9.17, 15) is 4.79 Å². The maximum Gasteiger partial charge on any atom is 0.246 e. The number of rotatable bonds is 21. The van der Waals surface area contributed by atoms with Crippen LogP contribution in [0.5, 0.6) is 17.2 Å². The number of carbonyl (C=O) groups excluding carboxylic acids is 7. The topological polar surface area (TPSA) is 261 Å². The van der Waals surface area contributed by atoms with Crippen molar-refractivity contribution in [3.05, 3.63) is 173 Å². The highest BCUT2D eigenvalue weighted by atomic mass is 16.5. The van der Waals surface area contributed by atoms with Crippen molar-refractivity contribution in [3.63, 3.8) is 0 Å². The summed E-state index contributed by atoms with van der Waals surface area (Å²) in [6.07, 6.45) is 0.733. The normalized spacial score (nSPS) is 20.8. The lowest BCUT2D eigenvalue weighted by Gasteiger charge is -2.33. The van der Waals surface area contributed by atoms with Crippen LogP contribution in [0.15, 0.2) is 146 Å². The summed E-state index contributed by atoms with van der Waals surface area (Å²) in [5.74, 6) is -4.43. The molecule has 19 nitrogen and oxygen atoms in total. The van der Waals surface area contributed by atoms with Crippen molar-refractivity contribution in [1.82, 2.24) is 42.1 Å². The fraction of sp³-hybridized carbons (Fsp3) is 0.359. The predicted octanol–water partition coefficient (Wildman–Crippen LogP) is 3.83. The molecule has 9 N–H and O–H groups in total. The quantitative estimate of drug-likeness (QED) is 0.0479. The average molecular weight is 1130 g/mol. The van der Waals surface area contributed by atoms with Crippen LogP contribution in [0.3, 0.4) is 0 Å². The first-order valence-corrected chi connectivity index (χ1v) is 28.3. The summed E-state index contributed by atoms with van der Waals surface area (Å²) in [6.45, 7) is 1.21. The van der Waals surface area contributed by atoms with Gasteiger partial charge in [-0.25, -0.2) is 0 Å². The number of methoxy groups -OCH3 is 2. The summed E-state index contributed by atoms with van der Waals surface area (Å²) in [4.78, 5) is 107. The van der Waals surface area contributed by atoms with Crippen LogP contribution in [0.1, 0.15) is 53.5 Å². The zero-order valence-corrected chi connectivity index (χ0v) is 47.2. The van der Waals surface area contributed by atoms with Gasteiger partial charge in [-0.05, 0) is 103 Å². The smallest absolute Gasteiger partial charge is 0.246 e. The van der Waals surface area contributed by atoms with Gasteiger partial charge in [0.1, 0.15) is 60.1 Å². The SMILES string of the molecule is CNCCNC(=O)C1CCN2C(=O)[C@H](Cc3ccccc3)NC(=O)[C@H](Cc3ccc(OCc4ccccc4)cc3)NC(=O)[C@H](CCCCN)NC(=O)[C@H](Cc3cc4c(OC)cccc4cc3OC)NC(=O)[C@H](Cc3ccccc3)NC(=O)[C@H]12. The standard InChI is InChI=1S/C64H75N9O10/c1-66-31-32-67-58(74)48-29-33-73-57(48)63(79)71-52(34-41-16-7-4-8-17-41)60(76)70-53(38-46-37-49-45(39-56(46)82-3)22-15-24-55(49)81-2)62(78)68-50(23-13-14-30-65)59(75)69-51(61(77)72-54(64(73)80)36-42-18-9-5-10-19-42)35-43-25-27-47(28-26-43)83-40-44-20-11-6-12-21-44/h4-12,15-22,24-28,37,39,48,50-54,57,66H,13-14,23,29-36,38,40,65H2,1-3H3,(H,67,74)(H,68,78)(H,69,75)(H,70,76)(H,71,79)(H,72,77)/t48?,50-,51-,52-,53-,54-,57-/m0/s1. The van der Waals surface area contributed by atoms with E-state index in [2.05, 4.69) is 37.2 Å². The fourth-order valence-electron chi connectivity index (χ4n) is 10.7. The molecule has 0 aliphatic carbocycles. The largest absolute Gasteiger partial charge is 0.496 e. The van der Waals surface area contributed by atoms with Crippen LogP contribution in [0.4, 0.5) is 0 Å². The van der Waals surface area contributed by atoms with Crippen LogP contribution in [0.25, 0.3) is 10.8 Å². The Hall–Kier alpha value is -8.81. The van der Waals surface area contributed by atoms with Gasteiger partial charge in [0.05, 0.1) is 20.1 Å². The molecule has 2 saturated heterocycles. The minimum atomic E-state index is -1.46. The minimum absolute atomic E-state index is 0.0314. The lowest BCUT2D eigenvalue weighted by Crippen LogP contribution is -2.63. The lowest BCUT2D eigenvalue weighted by atomic mass is 9.96. The van der Waals surface area contributed by atoms with Crippen molar-refractivity contribution in [2.24, 2.45) is 11.7 Å². The van der Waals surface area contributed by atoms with Gasteiger partial charge in [0, 0.05) is 50.7 Å². The number of amides is 7. The molecule has 6 aromatic carbocycles. The number of ether oxygens (including phenoxy) is 3. The highest BCUT2D eigenvalue weighted by Crippen LogP contribution is 2.33. The molecule has 0 spiro atoms. The molecular weight excluding hydrogens is 1050 g/mol. The van der Waals surface area contributed by atoms with Crippen LogP contribution in [-0.4, -0.2) is 130 Å². The van der Waals surface area contributed by atoms with Crippen LogP contribution < -0.4 is 57.2 Å². The molecule has 19 heteroatoms. The number of hydrogen-bond acceptors (Lipinski definition) is 12. The number of benzene rings is 6. The molecular formula is C64H75N9O10. The summed E-state index contributed by atoms with van der Waals surface area (Å²) in [5, 5.41) is 22.1. The number of unbranched alkanes of at least 4 members (excludes halogenated alkanes) is 1. The number of nitrogens with zero attached hydrogens (tertiary/aromatic N) is 1. The monoisotopic (exact) mass is 1130 g/mol. The van der Waals surface area contributed by atoms with E-state index in [0.717, 1.165) is 10.9 Å². The first kappa shape index (κ1) is 60.3. The fourth-order valence-corrected chi connectivity index (χ4v) is 10.7. The maximum atomic E-state index is 15.5. The van der Waals surface area contributed by atoms with E-state index >= 15 is 28.8 Å². The molecule has 83 heavy (non-hydrogen) atoms. The minimum Gasteiger partial charge on any atom is -0.496 e. The summed E-state index contributed by atoms with van der Waals surface area (Å²) in [5.41, 5.74) is 9.41. The molecule has 1 unspecified atom stereocenters. The second-order valence-corrected chi connectivity index (χ2v) is 20.9. The van der Waals surface area contributed by atoms with Crippen molar-refractivity contribution in [2.45, 2.75) is 94.2 Å². The molecule has 2 fully saturated rings. The number of carbonyl (C=O) groups is 7. The summed E-state index contributed by atoms with van der Waals surface area (Å²) >= 11 is 0. The van der Waals surface area contributed by atoms with Gasteiger partial charge in [-0.1, -0.05) is 115 Å². The highest BCUT2D eigenvalue weighted by Gasteiger charge is 2.48. The summed E-state index contributed by atoms with van der Waals surface area (Å²) in [6, 6.07) is 35.7. The zero-order chi connectivity index (χ0) is 58.7. The molecule has 0 bridgehead atoms. The van der Waals surface area contributed by atoms with Crippen molar-refractivity contribution in [1.29, 1.82) is 0 Å². The van der Waals surface area contributed by atoms with E-state index in [0.29, 0.717) is 77.4 Å². The Balaban J connectivity index is 1.23. The number of fused-ring (bicyclic) bond motifs is 2. The zero-order valence-electron chi connectivity index (χ0n) is 47.2. The highest BCUT2D eigenvalue weighted by molar-refractivity contribution is 6.01. The molecule has 2 heterocycles. The third-order valence-corrected chi connectivity index (χ3v) is 15.1. The Kier molecular flexibility index (Phi) is 21.6. The third kappa shape index (κ3) is 16.2. The van der Waals surface area contributed by atoms with Gasteiger partial charge < -0.3 is 62.1 Å². The maximum absolute atomic E-state index is 15.5. The molecule has 6 aromatic rings. The number of nitrogens with one attached hydrogen (secondary N) is 7. The Morgan fingerprint density at radius 1 is 0.566 bits per heavy atom. The molecule has 0 aromatic heterocycles. The van der Waals surface area contributed by atoms with Crippen molar-refractivity contribution >= 4 is 52.1 Å². The molecule has 2 aliphatic heterocycles. The van der Waals surface area contributed by atoms with Crippen molar-refractivity contribution in [3.8, 4) is 17.2 Å². The first-order valence-electron chi connectivity index (χ1n) is 28.3. The van der Waals surface area contributed by atoms with E-state index in [1.54, 1.807) is 99.1 Å². The van der Waals surface area contributed by atoms with Gasteiger partial charge >= 0.3 is 0 Å². The number of likely N-dealkylation sites (N-methyl/N-ethyl adjacent to an activating group) is 1. The second kappa shape index (κ2) is 29.8. The van der Waals surface area contributed by atoms with E-state index in [1.165, 1.54) is 12.0 Å².